The largest absolute Gasteiger partial charge is 0.481 e. The number of carboxylic acids is 1. The fourth-order valence-corrected chi connectivity index (χ4v) is 3.23. The molecule has 1 heterocycles. The van der Waals surface area contributed by atoms with Gasteiger partial charge in [0.15, 0.2) is 0 Å². The number of aliphatic carboxylic acids is 1. The molecule has 23 heavy (non-hydrogen) atoms. The zero-order valence-corrected chi connectivity index (χ0v) is 13.2. The monoisotopic (exact) mass is 320 g/mol. The first kappa shape index (κ1) is 17.2. The number of aromatic amines is 1. The minimum atomic E-state index is -0.857. The Labute approximate surface area is 135 Å². The molecule has 6 heteroatoms. The molecule has 0 bridgehead atoms. The molecule has 0 aromatic carbocycles. The summed E-state index contributed by atoms with van der Waals surface area (Å²) in [5, 5.41) is 11.8. The summed E-state index contributed by atoms with van der Waals surface area (Å²) < 4.78 is 0. The average Bonchev–Trinajstić information content (AvgIpc) is 2.53. The summed E-state index contributed by atoms with van der Waals surface area (Å²) in [6.45, 7) is 0. The van der Waals surface area contributed by atoms with Crippen molar-refractivity contribution >= 4 is 11.9 Å². The molecule has 1 atom stereocenters. The van der Waals surface area contributed by atoms with E-state index in [9.17, 15) is 14.4 Å². The molecule has 126 valence electrons. The molecular weight excluding hydrogens is 296 g/mol. The molecule has 1 aliphatic rings. The van der Waals surface area contributed by atoms with Gasteiger partial charge in [-0.15, -0.1) is 0 Å². The molecule has 0 spiro atoms. The summed E-state index contributed by atoms with van der Waals surface area (Å²) in [6.07, 6.45) is 8.65. The van der Waals surface area contributed by atoms with Gasteiger partial charge in [-0.2, -0.15) is 0 Å². The molecule has 1 amide bonds. The van der Waals surface area contributed by atoms with Gasteiger partial charge in [0.05, 0.1) is 0 Å². The van der Waals surface area contributed by atoms with Crippen molar-refractivity contribution in [3.8, 4) is 0 Å². The van der Waals surface area contributed by atoms with E-state index < -0.39 is 5.97 Å². The van der Waals surface area contributed by atoms with Crippen LogP contribution in [0.3, 0.4) is 0 Å². The average molecular weight is 320 g/mol. The van der Waals surface area contributed by atoms with E-state index in [-0.39, 0.29) is 23.9 Å². The fourth-order valence-electron chi connectivity index (χ4n) is 3.23. The smallest absolute Gasteiger partial charge is 0.303 e. The van der Waals surface area contributed by atoms with Crippen molar-refractivity contribution in [2.45, 2.75) is 57.4 Å². The maximum atomic E-state index is 12.3. The van der Waals surface area contributed by atoms with Gasteiger partial charge in [-0.1, -0.05) is 32.1 Å². The van der Waals surface area contributed by atoms with Crippen molar-refractivity contribution in [1.29, 1.82) is 0 Å². The van der Waals surface area contributed by atoms with Crippen LogP contribution in [0.4, 0.5) is 0 Å². The number of amides is 1. The van der Waals surface area contributed by atoms with Gasteiger partial charge in [0, 0.05) is 30.3 Å². The lowest BCUT2D eigenvalue weighted by Crippen LogP contribution is -2.37. The Morgan fingerprint density at radius 3 is 2.70 bits per heavy atom. The van der Waals surface area contributed by atoms with E-state index in [1.807, 2.05) is 0 Å². The summed E-state index contributed by atoms with van der Waals surface area (Å²) in [4.78, 5) is 36.9. The number of hydrogen-bond acceptors (Lipinski definition) is 3. The Morgan fingerprint density at radius 1 is 1.30 bits per heavy atom. The topological polar surface area (TPSA) is 99.3 Å². The molecule has 3 N–H and O–H groups in total. The number of carboxylic acid groups (broad SMARTS) is 1. The van der Waals surface area contributed by atoms with Crippen LogP contribution in [0.1, 0.15) is 61.7 Å². The van der Waals surface area contributed by atoms with Crippen LogP contribution in [0.25, 0.3) is 0 Å². The van der Waals surface area contributed by atoms with Gasteiger partial charge in [-0.05, 0) is 24.8 Å². The lowest BCUT2D eigenvalue weighted by atomic mass is 9.84. The Bertz CT molecular complexity index is 590. The fraction of sp³-hybridized carbons (Fsp3) is 0.588. The first-order chi connectivity index (χ1) is 11.0. The van der Waals surface area contributed by atoms with Crippen molar-refractivity contribution < 1.29 is 14.7 Å². The highest BCUT2D eigenvalue weighted by Gasteiger charge is 2.21. The molecule has 2 rings (SSSR count). The predicted molar refractivity (Wildman–Crippen MR) is 86.4 cm³/mol. The zero-order valence-electron chi connectivity index (χ0n) is 13.2. The Kier molecular flexibility index (Phi) is 6.38. The Morgan fingerprint density at radius 2 is 2.04 bits per heavy atom. The van der Waals surface area contributed by atoms with Crippen molar-refractivity contribution in [2.75, 3.05) is 0 Å². The highest BCUT2D eigenvalue weighted by molar-refractivity contribution is 5.94. The highest BCUT2D eigenvalue weighted by atomic mass is 16.4. The van der Waals surface area contributed by atoms with Crippen molar-refractivity contribution in [2.24, 2.45) is 5.92 Å². The first-order valence-corrected chi connectivity index (χ1v) is 8.26. The number of aromatic nitrogens is 1. The Balaban J connectivity index is 1.98. The minimum Gasteiger partial charge on any atom is -0.481 e. The normalized spacial score (nSPS) is 16.7. The van der Waals surface area contributed by atoms with Crippen LogP contribution in [0, 0.1) is 5.92 Å². The molecule has 0 radical (unpaired) electrons. The molecule has 0 aliphatic heterocycles. The number of nitrogens with one attached hydrogen (secondary N) is 2. The lowest BCUT2D eigenvalue weighted by Gasteiger charge is -2.27. The van der Waals surface area contributed by atoms with E-state index in [4.69, 9.17) is 5.11 Å². The van der Waals surface area contributed by atoms with Crippen LogP contribution < -0.4 is 10.9 Å². The van der Waals surface area contributed by atoms with Gasteiger partial charge in [0.1, 0.15) is 0 Å². The lowest BCUT2D eigenvalue weighted by molar-refractivity contribution is -0.137. The summed E-state index contributed by atoms with van der Waals surface area (Å²) >= 11 is 0. The molecule has 1 aromatic rings. The maximum absolute atomic E-state index is 12.3. The van der Waals surface area contributed by atoms with Crippen LogP contribution >= 0.6 is 0 Å². The molecule has 1 saturated carbocycles. The summed E-state index contributed by atoms with van der Waals surface area (Å²) in [7, 11) is 0. The third-order valence-electron chi connectivity index (χ3n) is 4.42. The van der Waals surface area contributed by atoms with E-state index >= 15 is 0 Å². The first-order valence-electron chi connectivity index (χ1n) is 8.26. The molecule has 1 fully saturated rings. The van der Waals surface area contributed by atoms with E-state index in [0.717, 1.165) is 19.3 Å². The third kappa shape index (κ3) is 5.88. The predicted octanol–water partition coefficient (Wildman–Crippen LogP) is 2.31. The molecule has 1 unspecified atom stereocenters. The van der Waals surface area contributed by atoms with Gasteiger partial charge in [0.2, 0.25) is 5.56 Å². The van der Waals surface area contributed by atoms with E-state index in [0.29, 0.717) is 17.9 Å². The second kappa shape index (κ2) is 8.50. The highest BCUT2D eigenvalue weighted by Crippen LogP contribution is 2.28. The van der Waals surface area contributed by atoms with Crippen LogP contribution in [0.15, 0.2) is 23.1 Å². The molecule has 1 aliphatic carbocycles. The quantitative estimate of drug-likeness (QED) is 0.718. The van der Waals surface area contributed by atoms with Crippen LogP contribution in [-0.4, -0.2) is 28.0 Å². The van der Waals surface area contributed by atoms with Gasteiger partial charge < -0.3 is 15.4 Å². The SMILES string of the molecule is O=C(O)CCC(CC1CCCCC1)NC(=O)c1cc[nH]c(=O)c1. The number of carbonyl (C=O) groups is 2. The summed E-state index contributed by atoms with van der Waals surface area (Å²) in [5.41, 5.74) is -0.0234. The second-order valence-corrected chi connectivity index (χ2v) is 6.28. The van der Waals surface area contributed by atoms with Crippen LogP contribution in [0.5, 0.6) is 0 Å². The van der Waals surface area contributed by atoms with E-state index in [1.165, 1.54) is 31.5 Å². The number of carbonyl (C=O) groups excluding carboxylic acids is 1. The van der Waals surface area contributed by atoms with Gasteiger partial charge >= 0.3 is 5.97 Å². The van der Waals surface area contributed by atoms with Crippen LogP contribution in [-0.2, 0) is 4.79 Å². The number of rotatable bonds is 7. The molecule has 0 saturated heterocycles. The third-order valence-corrected chi connectivity index (χ3v) is 4.42. The standard InChI is InChI=1S/C17H24N2O4/c20-15-11-13(8-9-18-15)17(23)19-14(6-7-16(21)22)10-12-4-2-1-3-5-12/h8-9,11-12,14H,1-7,10H2,(H,18,20)(H,19,23)(H,21,22). The van der Waals surface area contributed by atoms with Crippen molar-refractivity contribution in [3.63, 3.8) is 0 Å². The van der Waals surface area contributed by atoms with Crippen LogP contribution in [0.2, 0.25) is 0 Å². The second-order valence-electron chi connectivity index (χ2n) is 6.28. The summed E-state index contributed by atoms with van der Waals surface area (Å²) in [6, 6.07) is 2.64. The Hall–Kier alpha value is -2.11. The number of hydrogen-bond donors (Lipinski definition) is 3. The van der Waals surface area contributed by atoms with Gasteiger partial charge in [0.25, 0.3) is 5.91 Å². The van der Waals surface area contributed by atoms with Gasteiger partial charge in [-0.25, -0.2) is 0 Å². The van der Waals surface area contributed by atoms with Gasteiger partial charge in [-0.3, -0.25) is 14.4 Å². The number of pyridine rings is 1. The molecule has 6 nitrogen and oxygen atoms in total. The van der Waals surface area contributed by atoms with Crippen molar-refractivity contribution in [1.82, 2.24) is 10.3 Å². The summed E-state index contributed by atoms with van der Waals surface area (Å²) in [5.74, 6) is -0.631. The number of H-pyrrole nitrogens is 1. The zero-order chi connectivity index (χ0) is 16.7. The van der Waals surface area contributed by atoms with Crippen molar-refractivity contribution in [3.05, 3.63) is 34.2 Å². The minimum absolute atomic E-state index is 0.0348. The molecular formula is C17H24N2O4. The maximum Gasteiger partial charge on any atom is 0.303 e. The van der Waals surface area contributed by atoms with E-state index in [2.05, 4.69) is 10.3 Å². The molecule has 1 aromatic heterocycles. The van der Waals surface area contributed by atoms with E-state index in [1.54, 1.807) is 6.07 Å².